The molecule has 41 heavy (non-hydrogen) atoms. The Balaban J connectivity index is 1.14. The Labute approximate surface area is 235 Å². The number of halogens is 3. The highest BCUT2D eigenvalue weighted by Crippen LogP contribution is 2.48. The Bertz CT molecular complexity index is 1450. The standard InChI is InChI=1S/C30H31F3N4O4/c1-28(40)15-20(16-28)37-25(38)5-3-19-13-21(14-23(26(19)37)30(31,32)33)41-11-10-36-8-6-29(7-9-36)22-12-18(17-34)2-4-24(22)35-27(29)39/h2,4,12-14,20,40H,3,5-11,15-16H2,1H3,(H,35,39). The molecule has 1 saturated heterocycles. The number of fused-ring (bicyclic) bond motifs is 3. The van der Waals surface area contributed by atoms with Gasteiger partial charge in [0.25, 0.3) is 0 Å². The summed E-state index contributed by atoms with van der Waals surface area (Å²) < 4.78 is 48.5. The van der Waals surface area contributed by atoms with E-state index in [1.165, 1.54) is 4.90 Å². The number of nitriles is 1. The summed E-state index contributed by atoms with van der Waals surface area (Å²) >= 11 is 0. The number of hydrogen-bond donors (Lipinski definition) is 2. The largest absolute Gasteiger partial charge is 0.492 e. The zero-order valence-corrected chi connectivity index (χ0v) is 22.7. The van der Waals surface area contributed by atoms with Crippen molar-refractivity contribution in [1.82, 2.24) is 4.90 Å². The van der Waals surface area contributed by atoms with Crippen molar-refractivity contribution in [3.63, 3.8) is 0 Å². The minimum atomic E-state index is -4.68. The molecule has 0 aromatic heterocycles. The Morgan fingerprint density at radius 2 is 1.88 bits per heavy atom. The molecule has 0 bridgehead atoms. The van der Waals surface area contributed by atoms with Crippen LogP contribution in [0.15, 0.2) is 30.3 Å². The molecule has 3 heterocycles. The summed E-state index contributed by atoms with van der Waals surface area (Å²) in [7, 11) is 0. The lowest BCUT2D eigenvalue weighted by molar-refractivity contribution is -0.137. The molecule has 1 spiro atoms. The van der Waals surface area contributed by atoms with E-state index in [4.69, 9.17) is 4.74 Å². The van der Waals surface area contributed by atoms with Crippen molar-refractivity contribution in [2.24, 2.45) is 0 Å². The van der Waals surface area contributed by atoms with Crippen LogP contribution in [0.25, 0.3) is 0 Å². The Kier molecular flexibility index (Phi) is 6.54. The fraction of sp³-hybridized carbons (Fsp3) is 0.500. The first-order valence-electron chi connectivity index (χ1n) is 13.9. The zero-order valence-electron chi connectivity index (χ0n) is 22.7. The van der Waals surface area contributed by atoms with E-state index in [0.717, 1.165) is 17.3 Å². The molecular formula is C30H31F3N4O4. The van der Waals surface area contributed by atoms with Crippen molar-refractivity contribution in [3.05, 3.63) is 52.6 Å². The number of rotatable bonds is 5. The molecule has 8 nitrogen and oxygen atoms in total. The number of aliphatic hydroxyl groups is 1. The number of benzene rings is 2. The third-order valence-electron chi connectivity index (χ3n) is 9.03. The van der Waals surface area contributed by atoms with Crippen LogP contribution in [0.1, 0.15) is 61.3 Å². The maximum atomic E-state index is 14.2. The SMILES string of the molecule is CC1(O)CC(N2C(=O)CCc3cc(OCCN4CCC5(CC4)C(=O)Nc4ccc(C#N)cc45)cc(C(F)(F)F)c32)C1. The minimum absolute atomic E-state index is 0.0646. The van der Waals surface area contributed by atoms with Crippen LogP contribution in [0.4, 0.5) is 24.5 Å². The number of carbonyl (C=O) groups excluding carboxylic acids is 2. The summed E-state index contributed by atoms with van der Waals surface area (Å²) in [6, 6.07) is 9.46. The van der Waals surface area contributed by atoms with E-state index >= 15 is 0 Å². The van der Waals surface area contributed by atoms with E-state index in [9.17, 15) is 33.1 Å². The number of alkyl halides is 3. The van der Waals surface area contributed by atoms with E-state index in [0.29, 0.717) is 43.6 Å². The van der Waals surface area contributed by atoms with Crippen molar-refractivity contribution in [3.8, 4) is 11.8 Å². The quantitative estimate of drug-likeness (QED) is 0.562. The number of hydrogen-bond acceptors (Lipinski definition) is 6. The third kappa shape index (κ3) is 4.83. The average Bonchev–Trinajstić information content (AvgIpc) is 3.17. The second-order valence-electron chi connectivity index (χ2n) is 11.9. The highest BCUT2D eigenvalue weighted by atomic mass is 19.4. The van der Waals surface area contributed by atoms with Crippen molar-refractivity contribution >= 4 is 23.2 Å². The number of anilines is 2. The molecule has 0 unspecified atom stereocenters. The van der Waals surface area contributed by atoms with Gasteiger partial charge in [0.2, 0.25) is 11.8 Å². The number of nitrogens with zero attached hydrogens (tertiary/aromatic N) is 3. The summed E-state index contributed by atoms with van der Waals surface area (Å²) in [6.45, 7) is 3.47. The van der Waals surface area contributed by atoms with Crippen LogP contribution in [0.2, 0.25) is 0 Å². The van der Waals surface area contributed by atoms with Crippen LogP contribution in [0.5, 0.6) is 5.75 Å². The summed E-state index contributed by atoms with van der Waals surface area (Å²) in [5.74, 6) is -0.319. The summed E-state index contributed by atoms with van der Waals surface area (Å²) in [6.07, 6.45) is -2.79. The zero-order chi connectivity index (χ0) is 29.2. The molecule has 2 N–H and O–H groups in total. The summed E-state index contributed by atoms with van der Waals surface area (Å²) in [5.41, 5.74) is -0.163. The molecule has 2 aromatic rings. The van der Waals surface area contributed by atoms with E-state index in [1.54, 1.807) is 31.2 Å². The van der Waals surface area contributed by atoms with Gasteiger partial charge in [0.1, 0.15) is 12.4 Å². The highest BCUT2D eigenvalue weighted by Gasteiger charge is 2.49. The van der Waals surface area contributed by atoms with Gasteiger partial charge in [0.05, 0.1) is 33.9 Å². The topological polar surface area (TPSA) is 106 Å². The van der Waals surface area contributed by atoms with Gasteiger partial charge in [0, 0.05) is 24.7 Å². The third-order valence-corrected chi connectivity index (χ3v) is 9.03. The van der Waals surface area contributed by atoms with Crippen LogP contribution in [-0.2, 0) is 27.6 Å². The Morgan fingerprint density at radius 1 is 1.15 bits per heavy atom. The van der Waals surface area contributed by atoms with Gasteiger partial charge in [-0.15, -0.1) is 0 Å². The molecule has 2 fully saturated rings. The number of ether oxygens (including phenoxy) is 1. The Morgan fingerprint density at radius 3 is 2.54 bits per heavy atom. The summed E-state index contributed by atoms with van der Waals surface area (Å²) in [5, 5.41) is 22.4. The van der Waals surface area contributed by atoms with E-state index in [-0.39, 0.29) is 55.5 Å². The fourth-order valence-corrected chi connectivity index (χ4v) is 6.88. The first-order valence-corrected chi connectivity index (χ1v) is 13.9. The molecule has 0 atom stereocenters. The number of nitrogens with one attached hydrogen (secondary N) is 1. The number of aryl methyl sites for hydroxylation is 1. The van der Waals surface area contributed by atoms with Crippen LogP contribution < -0.4 is 15.0 Å². The predicted molar refractivity (Wildman–Crippen MR) is 144 cm³/mol. The second-order valence-corrected chi connectivity index (χ2v) is 11.9. The van der Waals surface area contributed by atoms with Crippen molar-refractivity contribution in [1.29, 1.82) is 5.26 Å². The van der Waals surface area contributed by atoms with Crippen molar-refractivity contribution in [2.75, 3.05) is 36.5 Å². The van der Waals surface area contributed by atoms with Gasteiger partial charge in [-0.1, -0.05) is 0 Å². The van der Waals surface area contributed by atoms with Gasteiger partial charge in [-0.05, 0) is 93.6 Å². The Hall–Kier alpha value is -3.62. The average molecular weight is 569 g/mol. The number of carbonyl (C=O) groups is 2. The van der Waals surface area contributed by atoms with Gasteiger partial charge < -0.3 is 20.1 Å². The number of likely N-dealkylation sites (tertiary alicyclic amines) is 1. The maximum Gasteiger partial charge on any atom is 0.418 e. The molecule has 2 aromatic carbocycles. The molecular weight excluding hydrogens is 537 g/mol. The fourth-order valence-electron chi connectivity index (χ4n) is 6.88. The lowest BCUT2D eigenvalue weighted by Crippen LogP contribution is -2.57. The van der Waals surface area contributed by atoms with E-state index in [1.807, 2.05) is 0 Å². The smallest absolute Gasteiger partial charge is 0.418 e. The molecule has 4 aliphatic rings. The van der Waals surface area contributed by atoms with Crippen molar-refractivity contribution < 1.29 is 32.6 Å². The van der Waals surface area contributed by atoms with Crippen LogP contribution in [-0.4, -0.2) is 59.7 Å². The predicted octanol–water partition coefficient (Wildman–Crippen LogP) is 4.13. The summed E-state index contributed by atoms with van der Waals surface area (Å²) in [4.78, 5) is 29.0. The molecule has 3 aliphatic heterocycles. The molecule has 11 heteroatoms. The lowest BCUT2D eigenvalue weighted by atomic mass is 9.73. The highest BCUT2D eigenvalue weighted by molar-refractivity contribution is 6.06. The molecule has 2 amide bonds. The van der Waals surface area contributed by atoms with Gasteiger partial charge in [-0.2, -0.15) is 18.4 Å². The molecule has 0 radical (unpaired) electrons. The van der Waals surface area contributed by atoms with E-state index < -0.39 is 28.8 Å². The van der Waals surface area contributed by atoms with Crippen LogP contribution in [0.3, 0.4) is 0 Å². The van der Waals surface area contributed by atoms with Gasteiger partial charge in [-0.25, -0.2) is 0 Å². The normalized spacial score (nSPS) is 25.3. The number of amides is 2. The molecule has 1 aliphatic carbocycles. The van der Waals surface area contributed by atoms with Crippen LogP contribution >= 0.6 is 0 Å². The van der Waals surface area contributed by atoms with Gasteiger partial charge in [0.15, 0.2) is 0 Å². The molecule has 6 rings (SSSR count). The van der Waals surface area contributed by atoms with Gasteiger partial charge in [-0.3, -0.25) is 14.5 Å². The monoisotopic (exact) mass is 568 g/mol. The molecule has 1 saturated carbocycles. The minimum Gasteiger partial charge on any atom is -0.492 e. The maximum absolute atomic E-state index is 14.2. The van der Waals surface area contributed by atoms with Gasteiger partial charge >= 0.3 is 6.18 Å². The number of piperidine rings is 1. The lowest BCUT2D eigenvalue weighted by Gasteiger charge is -2.48. The second kappa shape index (κ2) is 9.74. The van der Waals surface area contributed by atoms with Crippen molar-refractivity contribution in [2.45, 2.75) is 68.7 Å². The first-order chi connectivity index (χ1) is 19.4. The molecule has 216 valence electrons. The first kappa shape index (κ1) is 27.5. The van der Waals surface area contributed by atoms with E-state index in [2.05, 4.69) is 16.3 Å². The van der Waals surface area contributed by atoms with Crippen LogP contribution in [0, 0.1) is 11.3 Å².